The Morgan fingerprint density at radius 1 is 1.32 bits per heavy atom. The minimum absolute atomic E-state index is 0.170. The van der Waals surface area contributed by atoms with E-state index in [-0.39, 0.29) is 11.7 Å². The number of benzene rings is 1. The number of carbonyl (C=O) groups excluding carboxylic acids is 1. The monoisotopic (exact) mass is 377 g/mol. The summed E-state index contributed by atoms with van der Waals surface area (Å²) in [5.41, 5.74) is 2.12. The van der Waals surface area contributed by atoms with Crippen molar-refractivity contribution in [2.24, 2.45) is 0 Å². The second kappa shape index (κ2) is 7.28. The number of fused-ring (bicyclic) bond motifs is 1. The van der Waals surface area contributed by atoms with Crippen molar-refractivity contribution in [2.75, 3.05) is 18.2 Å². The third-order valence-corrected chi connectivity index (χ3v) is 4.59. The Labute approximate surface area is 153 Å². The molecule has 25 heavy (non-hydrogen) atoms. The summed E-state index contributed by atoms with van der Waals surface area (Å²) < 4.78 is 7.05. The predicted molar refractivity (Wildman–Crippen MR) is 97.6 cm³/mol. The molecule has 0 fully saturated rings. The molecule has 0 aliphatic heterocycles. The average Bonchev–Trinajstić information content (AvgIpc) is 2.96. The first-order chi connectivity index (χ1) is 12.0. The summed E-state index contributed by atoms with van der Waals surface area (Å²) in [7, 11) is 1.54. The van der Waals surface area contributed by atoms with E-state index in [1.54, 1.807) is 18.2 Å². The Hall–Kier alpha value is -2.32. The number of hydrogen-bond donors (Lipinski definition) is 1. The summed E-state index contributed by atoms with van der Waals surface area (Å²) in [6.07, 6.45) is 0. The van der Waals surface area contributed by atoms with Crippen molar-refractivity contribution in [1.82, 2.24) is 19.6 Å². The second-order valence-electron chi connectivity index (χ2n) is 5.30. The van der Waals surface area contributed by atoms with E-state index in [1.807, 2.05) is 24.3 Å². The molecule has 0 radical (unpaired) electrons. The van der Waals surface area contributed by atoms with E-state index >= 15 is 0 Å². The molecule has 1 N–H and O–H groups in total. The molecule has 130 valence electrons. The van der Waals surface area contributed by atoms with Crippen molar-refractivity contribution in [1.29, 1.82) is 0 Å². The molecular formula is C16H16ClN5O2S. The number of thioether (sulfide) groups is 1. The number of carbonyl (C=O) groups is 1. The summed E-state index contributed by atoms with van der Waals surface area (Å²) in [6, 6.07) is 6.90. The van der Waals surface area contributed by atoms with Gasteiger partial charge in [-0.1, -0.05) is 23.4 Å². The van der Waals surface area contributed by atoms with Crippen LogP contribution < -0.4 is 10.1 Å². The molecule has 0 unspecified atom stereocenters. The van der Waals surface area contributed by atoms with Crippen LogP contribution in [0.25, 0.3) is 5.65 Å². The van der Waals surface area contributed by atoms with Crippen molar-refractivity contribution in [2.45, 2.75) is 19.0 Å². The lowest BCUT2D eigenvalue weighted by Gasteiger charge is -2.10. The zero-order valence-corrected chi connectivity index (χ0v) is 15.5. The molecule has 0 aliphatic carbocycles. The lowest BCUT2D eigenvalue weighted by atomic mass is 10.3. The molecule has 0 saturated carbocycles. The van der Waals surface area contributed by atoms with E-state index in [0.717, 1.165) is 11.5 Å². The van der Waals surface area contributed by atoms with E-state index in [2.05, 4.69) is 20.5 Å². The first-order valence-corrected chi connectivity index (χ1v) is 8.80. The van der Waals surface area contributed by atoms with Gasteiger partial charge in [-0.2, -0.15) is 0 Å². The lowest BCUT2D eigenvalue weighted by Crippen LogP contribution is -2.15. The maximum Gasteiger partial charge on any atom is 0.234 e. The van der Waals surface area contributed by atoms with Gasteiger partial charge in [-0.05, 0) is 32.0 Å². The van der Waals surface area contributed by atoms with Crippen molar-refractivity contribution in [3.8, 4) is 5.75 Å². The Bertz CT molecular complexity index is 944. The SMILES string of the molecule is COc1ccc(Cl)cc1NC(=O)CSc1nnc2cc(C)nc(C)n12. The van der Waals surface area contributed by atoms with Crippen LogP contribution in [0.5, 0.6) is 5.75 Å². The van der Waals surface area contributed by atoms with Crippen LogP contribution in [0.2, 0.25) is 5.02 Å². The van der Waals surface area contributed by atoms with Crippen molar-refractivity contribution in [3.63, 3.8) is 0 Å². The Morgan fingerprint density at radius 2 is 2.12 bits per heavy atom. The highest BCUT2D eigenvalue weighted by Crippen LogP contribution is 2.28. The average molecular weight is 378 g/mol. The van der Waals surface area contributed by atoms with E-state index in [1.165, 1.54) is 18.9 Å². The van der Waals surface area contributed by atoms with Gasteiger partial charge in [0.15, 0.2) is 10.8 Å². The maximum absolute atomic E-state index is 12.3. The van der Waals surface area contributed by atoms with Gasteiger partial charge in [-0.15, -0.1) is 10.2 Å². The van der Waals surface area contributed by atoms with Crippen LogP contribution in [0.4, 0.5) is 5.69 Å². The molecule has 0 atom stereocenters. The molecule has 2 aromatic heterocycles. The molecule has 2 heterocycles. The topological polar surface area (TPSA) is 81.4 Å². The fourth-order valence-electron chi connectivity index (χ4n) is 2.39. The predicted octanol–water partition coefficient (Wildman–Crippen LogP) is 3.13. The van der Waals surface area contributed by atoms with Crippen LogP contribution >= 0.6 is 23.4 Å². The summed E-state index contributed by atoms with van der Waals surface area (Å²) in [4.78, 5) is 16.7. The van der Waals surface area contributed by atoms with Crippen LogP contribution in [-0.4, -0.2) is 38.4 Å². The number of methoxy groups -OCH3 is 1. The number of hydrogen-bond acceptors (Lipinski definition) is 6. The quantitative estimate of drug-likeness (QED) is 0.688. The van der Waals surface area contributed by atoms with E-state index in [9.17, 15) is 4.79 Å². The number of aromatic nitrogens is 4. The Kier molecular flexibility index (Phi) is 5.10. The zero-order valence-electron chi connectivity index (χ0n) is 13.9. The van der Waals surface area contributed by atoms with Crippen molar-refractivity contribution < 1.29 is 9.53 Å². The molecule has 1 amide bonds. The molecule has 0 aliphatic rings. The number of amides is 1. The summed E-state index contributed by atoms with van der Waals surface area (Å²) in [6.45, 7) is 3.78. The Balaban J connectivity index is 1.72. The fraction of sp³-hybridized carbons (Fsp3) is 0.250. The molecule has 3 aromatic rings. The van der Waals surface area contributed by atoms with Gasteiger partial charge in [0, 0.05) is 16.8 Å². The standard InChI is InChI=1S/C16H16ClN5O2S/c1-9-6-14-20-21-16(22(14)10(2)18-9)25-8-15(23)19-12-7-11(17)4-5-13(12)24-3/h4-7H,8H2,1-3H3,(H,19,23). The van der Waals surface area contributed by atoms with Crippen LogP contribution in [0.15, 0.2) is 29.4 Å². The molecule has 7 nitrogen and oxygen atoms in total. The van der Waals surface area contributed by atoms with Gasteiger partial charge in [-0.25, -0.2) is 4.98 Å². The van der Waals surface area contributed by atoms with Gasteiger partial charge in [-0.3, -0.25) is 9.20 Å². The van der Waals surface area contributed by atoms with Gasteiger partial charge in [0.25, 0.3) is 0 Å². The Morgan fingerprint density at radius 3 is 2.88 bits per heavy atom. The fourth-order valence-corrected chi connectivity index (χ4v) is 3.35. The highest BCUT2D eigenvalue weighted by molar-refractivity contribution is 7.99. The molecule has 1 aromatic carbocycles. The number of aryl methyl sites for hydroxylation is 2. The smallest absolute Gasteiger partial charge is 0.234 e. The normalized spacial score (nSPS) is 10.9. The van der Waals surface area contributed by atoms with Crippen LogP contribution in [0, 0.1) is 13.8 Å². The summed E-state index contributed by atoms with van der Waals surface area (Å²) >= 11 is 7.26. The second-order valence-corrected chi connectivity index (χ2v) is 6.68. The summed E-state index contributed by atoms with van der Waals surface area (Å²) in [5, 5.41) is 12.2. The largest absolute Gasteiger partial charge is 0.495 e. The van der Waals surface area contributed by atoms with E-state index in [0.29, 0.717) is 27.3 Å². The molecule has 3 rings (SSSR count). The minimum atomic E-state index is -0.194. The summed E-state index contributed by atoms with van der Waals surface area (Å²) in [5.74, 6) is 1.30. The molecule has 0 spiro atoms. The van der Waals surface area contributed by atoms with E-state index < -0.39 is 0 Å². The van der Waals surface area contributed by atoms with Crippen LogP contribution in [-0.2, 0) is 4.79 Å². The third-order valence-electron chi connectivity index (χ3n) is 3.43. The van der Waals surface area contributed by atoms with Crippen molar-refractivity contribution >= 4 is 40.6 Å². The molecular weight excluding hydrogens is 362 g/mol. The van der Waals surface area contributed by atoms with Gasteiger partial charge < -0.3 is 10.1 Å². The lowest BCUT2D eigenvalue weighted by molar-refractivity contribution is -0.113. The van der Waals surface area contributed by atoms with Gasteiger partial charge in [0.05, 0.1) is 18.6 Å². The maximum atomic E-state index is 12.3. The molecule has 0 saturated heterocycles. The first kappa shape index (κ1) is 17.5. The van der Waals surface area contributed by atoms with Gasteiger partial charge in [0.1, 0.15) is 11.6 Å². The van der Waals surface area contributed by atoms with Crippen LogP contribution in [0.3, 0.4) is 0 Å². The van der Waals surface area contributed by atoms with Crippen molar-refractivity contribution in [3.05, 3.63) is 40.8 Å². The minimum Gasteiger partial charge on any atom is -0.495 e. The number of anilines is 1. The highest BCUT2D eigenvalue weighted by Gasteiger charge is 2.13. The van der Waals surface area contributed by atoms with Gasteiger partial charge in [0.2, 0.25) is 5.91 Å². The van der Waals surface area contributed by atoms with Gasteiger partial charge >= 0.3 is 0 Å². The third kappa shape index (κ3) is 3.85. The van der Waals surface area contributed by atoms with E-state index in [4.69, 9.17) is 16.3 Å². The number of nitrogens with zero attached hydrogens (tertiary/aromatic N) is 4. The highest BCUT2D eigenvalue weighted by atomic mass is 35.5. The number of rotatable bonds is 5. The van der Waals surface area contributed by atoms with Crippen LogP contribution in [0.1, 0.15) is 11.5 Å². The molecule has 9 heteroatoms. The number of nitrogens with one attached hydrogen (secondary N) is 1. The first-order valence-electron chi connectivity index (χ1n) is 7.43. The molecule has 0 bridgehead atoms. The number of ether oxygens (including phenoxy) is 1. The zero-order chi connectivity index (χ0) is 18.0. The number of halogens is 1.